The fourth-order valence-corrected chi connectivity index (χ4v) is 3.08. The predicted molar refractivity (Wildman–Crippen MR) is 92.6 cm³/mol. The summed E-state index contributed by atoms with van der Waals surface area (Å²) in [7, 11) is 0. The number of rotatable bonds is 2. The van der Waals surface area contributed by atoms with E-state index in [0.29, 0.717) is 0 Å². The minimum Gasteiger partial charge on any atom is -0.368 e. The molecule has 3 aromatic rings. The monoisotopic (exact) mass is 307 g/mol. The van der Waals surface area contributed by atoms with Crippen molar-refractivity contribution in [1.82, 2.24) is 4.98 Å². The van der Waals surface area contributed by atoms with Crippen molar-refractivity contribution in [3.8, 4) is 0 Å². The summed E-state index contributed by atoms with van der Waals surface area (Å²) in [5, 5.41) is 1.17. The smallest absolute Gasteiger partial charge is 0.129 e. The zero-order valence-corrected chi connectivity index (χ0v) is 12.8. The molecule has 1 aliphatic rings. The van der Waals surface area contributed by atoms with Crippen LogP contribution in [0.3, 0.4) is 0 Å². The lowest BCUT2D eigenvalue weighted by Crippen LogP contribution is -2.46. The predicted octanol–water partition coefficient (Wildman–Crippen LogP) is 3.70. The number of fused-ring (bicyclic) bond motifs is 1. The first-order valence-electron chi connectivity index (χ1n) is 7.91. The highest BCUT2D eigenvalue weighted by Crippen LogP contribution is 2.21. The van der Waals surface area contributed by atoms with Crippen molar-refractivity contribution in [2.75, 3.05) is 36.0 Å². The largest absolute Gasteiger partial charge is 0.368 e. The van der Waals surface area contributed by atoms with Crippen LogP contribution in [0.25, 0.3) is 10.9 Å². The summed E-state index contributed by atoms with van der Waals surface area (Å²) < 4.78 is 13.0. The summed E-state index contributed by atoms with van der Waals surface area (Å²) in [4.78, 5) is 9.37. The second kappa shape index (κ2) is 5.88. The third-order valence-electron chi connectivity index (χ3n) is 4.38. The van der Waals surface area contributed by atoms with Gasteiger partial charge >= 0.3 is 0 Å². The summed E-state index contributed by atoms with van der Waals surface area (Å²) in [5.41, 5.74) is 2.11. The number of aromatic nitrogens is 1. The molecular formula is C19H18FN3. The molecule has 23 heavy (non-hydrogen) atoms. The normalized spacial score (nSPS) is 15.2. The lowest BCUT2D eigenvalue weighted by atomic mass is 10.2. The van der Waals surface area contributed by atoms with Crippen molar-refractivity contribution in [2.45, 2.75) is 0 Å². The SMILES string of the molecule is Fc1ccc(N2CCN(c3ccc4ccccc4n3)CC2)cc1. The van der Waals surface area contributed by atoms with Crippen LogP contribution in [0.4, 0.5) is 15.9 Å². The number of halogens is 1. The van der Waals surface area contributed by atoms with Gasteiger partial charge in [0.25, 0.3) is 0 Å². The van der Waals surface area contributed by atoms with Crippen LogP contribution >= 0.6 is 0 Å². The van der Waals surface area contributed by atoms with Crippen LogP contribution in [0.15, 0.2) is 60.7 Å². The Morgan fingerprint density at radius 1 is 0.739 bits per heavy atom. The first-order valence-corrected chi connectivity index (χ1v) is 7.91. The van der Waals surface area contributed by atoms with E-state index in [2.05, 4.69) is 28.0 Å². The molecule has 0 saturated carbocycles. The van der Waals surface area contributed by atoms with Gasteiger partial charge in [-0.25, -0.2) is 9.37 Å². The van der Waals surface area contributed by atoms with E-state index in [9.17, 15) is 4.39 Å². The molecule has 0 aliphatic carbocycles. The van der Waals surface area contributed by atoms with Gasteiger partial charge in [0.1, 0.15) is 11.6 Å². The molecule has 4 heteroatoms. The van der Waals surface area contributed by atoms with Crippen molar-refractivity contribution < 1.29 is 4.39 Å². The van der Waals surface area contributed by atoms with Crippen LogP contribution in [0.2, 0.25) is 0 Å². The van der Waals surface area contributed by atoms with Crippen molar-refractivity contribution in [1.29, 1.82) is 0 Å². The minimum absolute atomic E-state index is 0.187. The number of anilines is 2. The van der Waals surface area contributed by atoms with Gasteiger partial charge in [0, 0.05) is 37.3 Å². The van der Waals surface area contributed by atoms with E-state index in [4.69, 9.17) is 4.98 Å². The lowest BCUT2D eigenvalue weighted by Gasteiger charge is -2.36. The molecule has 3 nitrogen and oxygen atoms in total. The molecule has 0 unspecified atom stereocenters. The number of nitrogens with zero attached hydrogens (tertiary/aromatic N) is 3. The molecule has 2 aromatic carbocycles. The van der Waals surface area contributed by atoms with Gasteiger partial charge in [-0.3, -0.25) is 0 Å². The molecule has 0 bridgehead atoms. The van der Waals surface area contributed by atoms with Crippen molar-refractivity contribution in [3.63, 3.8) is 0 Å². The van der Waals surface area contributed by atoms with Crippen LogP contribution in [0.5, 0.6) is 0 Å². The maximum absolute atomic E-state index is 13.0. The lowest BCUT2D eigenvalue weighted by molar-refractivity contribution is 0.624. The van der Waals surface area contributed by atoms with Gasteiger partial charge in [0.15, 0.2) is 0 Å². The maximum atomic E-state index is 13.0. The number of pyridine rings is 1. The minimum atomic E-state index is -0.187. The zero-order chi connectivity index (χ0) is 15.6. The summed E-state index contributed by atoms with van der Waals surface area (Å²) in [6.45, 7) is 3.67. The van der Waals surface area contributed by atoms with E-state index >= 15 is 0 Å². The van der Waals surface area contributed by atoms with Crippen LogP contribution in [-0.2, 0) is 0 Å². The molecule has 1 fully saturated rings. The molecule has 116 valence electrons. The average Bonchev–Trinajstić information content (AvgIpc) is 2.62. The van der Waals surface area contributed by atoms with E-state index in [1.807, 2.05) is 30.3 Å². The van der Waals surface area contributed by atoms with Gasteiger partial charge in [-0.1, -0.05) is 18.2 Å². The number of hydrogen-bond donors (Lipinski definition) is 0. The molecule has 0 N–H and O–H groups in total. The van der Waals surface area contributed by atoms with Gasteiger partial charge in [-0.05, 0) is 42.5 Å². The second-order valence-corrected chi connectivity index (χ2v) is 5.81. The Bertz CT molecular complexity index is 808. The summed E-state index contributed by atoms with van der Waals surface area (Å²) in [6, 6.07) is 19.1. The molecule has 0 radical (unpaired) electrons. The molecule has 1 aliphatic heterocycles. The highest BCUT2D eigenvalue weighted by atomic mass is 19.1. The standard InChI is InChI=1S/C19H18FN3/c20-16-6-8-17(9-7-16)22-11-13-23(14-12-22)19-10-5-15-3-1-2-4-18(15)21-19/h1-10H,11-14H2. The first-order chi connectivity index (χ1) is 11.3. The van der Waals surface area contributed by atoms with E-state index < -0.39 is 0 Å². The van der Waals surface area contributed by atoms with Gasteiger partial charge < -0.3 is 9.80 Å². The Labute approximate surface area is 135 Å². The Hall–Kier alpha value is -2.62. The summed E-state index contributed by atoms with van der Waals surface area (Å²) >= 11 is 0. The average molecular weight is 307 g/mol. The fraction of sp³-hybridized carbons (Fsp3) is 0.211. The number of piperazine rings is 1. The van der Waals surface area contributed by atoms with Crippen LogP contribution in [0.1, 0.15) is 0 Å². The highest BCUT2D eigenvalue weighted by Gasteiger charge is 2.18. The van der Waals surface area contributed by atoms with Gasteiger partial charge in [0.05, 0.1) is 5.52 Å². The summed E-state index contributed by atoms with van der Waals surface area (Å²) in [5.74, 6) is 0.843. The van der Waals surface area contributed by atoms with E-state index in [1.165, 1.54) is 17.5 Å². The third-order valence-corrected chi connectivity index (χ3v) is 4.38. The van der Waals surface area contributed by atoms with Gasteiger partial charge in [-0.2, -0.15) is 0 Å². The molecular weight excluding hydrogens is 289 g/mol. The van der Waals surface area contributed by atoms with E-state index in [0.717, 1.165) is 43.2 Å². The number of benzene rings is 2. The Morgan fingerprint density at radius 3 is 2.22 bits per heavy atom. The van der Waals surface area contributed by atoms with Crippen molar-refractivity contribution in [3.05, 3.63) is 66.5 Å². The molecule has 2 heterocycles. The highest BCUT2D eigenvalue weighted by molar-refractivity contribution is 5.80. The Kier molecular flexibility index (Phi) is 3.58. The molecule has 1 saturated heterocycles. The van der Waals surface area contributed by atoms with Gasteiger partial charge in [0.2, 0.25) is 0 Å². The third kappa shape index (κ3) is 2.84. The number of hydrogen-bond acceptors (Lipinski definition) is 3. The fourth-order valence-electron chi connectivity index (χ4n) is 3.08. The van der Waals surface area contributed by atoms with Gasteiger partial charge in [-0.15, -0.1) is 0 Å². The molecule has 4 rings (SSSR count). The van der Waals surface area contributed by atoms with Crippen molar-refractivity contribution >= 4 is 22.4 Å². The second-order valence-electron chi connectivity index (χ2n) is 5.81. The summed E-state index contributed by atoms with van der Waals surface area (Å²) in [6.07, 6.45) is 0. The Morgan fingerprint density at radius 2 is 1.43 bits per heavy atom. The number of para-hydroxylation sites is 1. The van der Waals surface area contributed by atoms with Crippen LogP contribution in [0, 0.1) is 5.82 Å². The maximum Gasteiger partial charge on any atom is 0.129 e. The van der Waals surface area contributed by atoms with E-state index in [1.54, 1.807) is 0 Å². The molecule has 0 atom stereocenters. The van der Waals surface area contributed by atoms with E-state index in [-0.39, 0.29) is 5.82 Å². The Balaban J connectivity index is 1.49. The zero-order valence-electron chi connectivity index (χ0n) is 12.8. The van der Waals surface area contributed by atoms with Crippen LogP contribution < -0.4 is 9.80 Å². The van der Waals surface area contributed by atoms with Crippen molar-refractivity contribution in [2.24, 2.45) is 0 Å². The van der Waals surface area contributed by atoms with Crippen LogP contribution in [-0.4, -0.2) is 31.2 Å². The molecule has 1 aromatic heterocycles. The molecule has 0 spiro atoms. The topological polar surface area (TPSA) is 19.4 Å². The first kappa shape index (κ1) is 14.0. The quantitative estimate of drug-likeness (QED) is 0.719. The molecule has 0 amide bonds.